The number of aromatic carboxylic acids is 1. The lowest BCUT2D eigenvalue weighted by Crippen LogP contribution is -2.24. The van der Waals surface area contributed by atoms with Crippen LogP contribution in [-0.2, 0) is 6.54 Å². The molecule has 1 aromatic carbocycles. The second-order valence-corrected chi connectivity index (χ2v) is 3.81. The molecule has 0 amide bonds. The van der Waals surface area contributed by atoms with Crippen LogP contribution in [0.25, 0.3) is 0 Å². The van der Waals surface area contributed by atoms with Gasteiger partial charge in [0.05, 0.1) is 5.56 Å². The number of carboxylic acids is 1. The quantitative estimate of drug-likeness (QED) is 0.722. The van der Waals surface area contributed by atoms with Crippen LogP contribution in [-0.4, -0.2) is 17.1 Å². The summed E-state index contributed by atoms with van der Waals surface area (Å²) in [6, 6.07) is 7.32. The summed E-state index contributed by atoms with van der Waals surface area (Å²) < 4.78 is 0. The first kappa shape index (κ1) is 12.5. The zero-order valence-corrected chi connectivity index (χ0v) is 9.44. The second-order valence-electron chi connectivity index (χ2n) is 3.81. The third-order valence-electron chi connectivity index (χ3n) is 2.35. The Morgan fingerprint density at radius 2 is 2.38 bits per heavy atom. The topological polar surface area (TPSA) is 49.3 Å². The van der Waals surface area contributed by atoms with Crippen LogP contribution in [0, 0.1) is 0 Å². The summed E-state index contributed by atoms with van der Waals surface area (Å²) >= 11 is 0. The van der Waals surface area contributed by atoms with Crippen molar-refractivity contribution in [1.82, 2.24) is 5.32 Å². The van der Waals surface area contributed by atoms with Crippen molar-refractivity contribution in [3.8, 4) is 0 Å². The number of rotatable bonds is 6. The first-order chi connectivity index (χ1) is 7.63. The summed E-state index contributed by atoms with van der Waals surface area (Å²) in [6.45, 7) is 6.42. The number of benzene rings is 1. The largest absolute Gasteiger partial charge is 0.478 e. The van der Waals surface area contributed by atoms with E-state index in [2.05, 4.69) is 18.8 Å². The van der Waals surface area contributed by atoms with Crippen molar-refractivity contribution in [1.29, 1.82) is 0 Å². The summed E-state index contributed by atoms with van der Waals surface area (Å²) in [5.41, 5.74) is 1.31. The molecule has 16 heavy (non-hydrogen) atoms. The molecule has 1 rings (SSSR count). The smallest absolute Gasteiger partial charge is 0.335 e. The van der Waals surface area contributed by atoms with Gasteiger partial charge in [0.2, 0.25) is 0 Å². The Labute approximate surface area is 95.8 Å². The summed E-state index contributed by atoms with van der Waals surface area (Å²) in [4.78, 5) is 10.8. The second kappa shape index (κ2) is 6.08. The van der Waals surface area contributed by atoms with Crippen LogP contribution < -0.4 is 5.32 Å². The summed E-state index contributed by atoms with van der Waals surface area (Å²) in [7, 11) is 0. The zero-order valence-electron chi connectivity index (χ0n) is 9.44. The van der Waals surface area contributed by atoms with E-state index in [1.807, 2.05) is 12.1 Å². The first-order valence-electron chi connectivity index (χ1n) is 5.30. The maximum absolute atomic E-state index is 10.8. The molecule has 3 nitrogen and oxygen atoms in total. The van der Waals surface area contributed by atoms with E-state index in [1.54, 1.807) is 18.2 Å². The fourth-order valence-electron chi connectivity index (χ4n) is 1.44. The highest BCUT2D eigenvalue weighted by Crippen LogP contribution is 2.05. The number of carbonyl (C=O) groups is 1. The number of hydrogen-bond donors (Lipinski definition) is 2. The van der Waals surface area contributed by atoms with E-state index in [9.17, 15) is 4.79 Å². The van der Waals surface area contributed by atoms with Crippen LogP contribution in [0.4, 0.5) is 0 Å². The predicted molar refractivity (Wildman–Crippen MR) is 64.5 cm³/mol. The van der Waals surface area contributed by atoms with Crippen LogP contribution in [0.3, 0.4) is 0 Å². The van der Waals surface area contributed by atoms with Gasteiger partial charge in [-0.05, 0) is 31.0 Å². The van der Waals surface area contributed by atoms with E-state index in [0.717, 1.165) is 12.0 Å². The molecule has 0 aliphatic rings. The number of nitrogens with one attached hydrogen (secondary N) is 1. The summed E-state index contributed by atoms with van der Waals surface area (Å²) in [5.74, 6) is -0.888. The highest BCUT2D eigenvalue weighted by Gasteiger charge is 2.04. The van der Waals surface area contributed by atoms with Crippen molar-refractivity contribution in [3.63, 3.8) is 0 Å². The molecule has 0 saturated carbocycles. The Morgan fingerprint density at radius 1 is 1.62 bits per heavy atom. The van der Waals surface area contributed by atoms with Gasteiger partial charge in [-0.2, -0.15) is 0 Å². The van der Waals surface area contributed by atoms with E-state index in [4.69, 9.17) is 5.11 Å². The van der Waals surface area contributed by atoms with E-state index in [-0.39, 0.29) is 0 Å². The molecule has 0 heterocycles. The molecule has 2 N–H and O–H groups in total. The minimum Gasteiger partial charge on any atom is -0.478 e. The Morgan fingerprint density at radius 3 is 3.00 bits per heavy atom. The molecule has 0 aromatic heterocycles. The zero-order chi connectivity index (χ0) is 12.0. The number of hydrogen-bond acceptors (Lipinski definition) is 2. The Hall–Kier alpha value is -1.61. The maximum Gasteiger partial charge on any atom is 0.335 e. The highest BCUT2D eigenvalue weighted by molar-refractivity contribution is 5.87. The SMILES string of the molecule is C=CCC(C)NCc1cccc(C(=O)O)c1. The van der Waals surface area contributed by atoms with Crippen LogP contribution in [0.5, 0.6) is 0 Å². The van der Waals surface area contributed by atoms with Crippen molar-refractivity contribution in [2.75, 3.05) is 0 Å². The third kappa shape index (κ3) is 3.87. The molecule has 1 atom stereocenters. The van der Waals surface area contributed by atoms with Crippen molar-refractivity contribution in [2.45, 2.75) is 25.9 Å². The standard InChI is InChI=1S/C13H17NO2/c1-3-5-10(2)14-9-11-6-4-7-12(8-11)13(15)16/h3-4,6-8,10,14H,1,5,9H2,2H3,(H,15,16). The van der Waals surface area contributed by atoms with Gasteiger partial charge < -0.3 is 10.4 Å². The van der Waals surface area contributed by atoms with Gasteiger partial charge in [0.1, 0.15) is 0 Å². The normalized spacial score (nSPS) is 12.1. The lowest BCUT2D eigenvalue weighted by Gasteiger charge is -2.11. The van der Waals surface area contributed by atoms with Gasteiger partial charge in [0.15, 0.2) is 0 Å². The molecule has 1 aromatic rings. The van der Waals surface area contributed by atoms with Gasteiger partial charge in [0, 0.05) is 12.6 Å². The lowest BCUT2D eigenvalue weighted by molar-refractivity contribution is 0.0697. The molecule has 0 saturated heterocycles. The molecule has 0 bridgehead atoms. The van der Waals surface area contributed by atoms with Crippen molar-refractivity contribution in [2.24, 2.45) is 0 Å². The average molecular weight is 219 g/mol. The van der Waals surface area contributed by atoms with Crippen LogP contribution in [0.15, 0.2) is 36.9 Å². The van der Waals surface area contributed by atoms with E-state index >= 15 is 0 Å². The van der Waals surface area contributed by atoms with Crippen LogP contribution >= 0.6 is 0 Å². The average Bonchev–Trinajstić information content (AvgIpc) is 2.27. The van der Waals surface area contributed by atoms with E-state index in [0.29, 0.717) is 18.2 Å². The molecule has 0 spiro atoms. The summed E-state index contributed by atoms with van der Waals surface area (Å²) in [6.07, 6.45) is 2.77. The third-order valence-corrected chi connectivity index (χ3v) is 2.35. The van der Waals surface area contributed by atoms with Gasteiger partial charge in [-0.15, -0.1) is 6.58 Å². The fraction of sp³-hybridized carbons (Fsp3) is 0.308. The Kier molecular flexibility index (Phi) is 4.73. The molecular formula is C13H17NO2. The minimum atomic E-state index is -0.888. The predicted octanol–water partition coefficient (Wildman–Crippen LogP) is 2.44. The lowest BCUT2D eigenvalue weighted by atomic mass is 10.1. The van der Waals surface area contributed by atoms with Crippen molar-refractivity contribution >= 4 is 5.97 Å². The molecule has 0 radical (unpaired) electrons. The Bertz CT molecular complexity index is 374. The highest BCUT2D eigenvalue weighted by atomic mass is 16.4. The molecule has 3 heteroatoms. The minimum absolute atomic E-state index is 0.329. The molecule has 86 valence electrons. The van der Waals surface area contributed by atoms with Gasteiger partial charge in [-0.25, -0.2) is 4.79 Å². The summed E-state index contributed by atoms with van der Waals surface area (Å²) in [5, 5.41) is 12.1. The molecule has 0 aliphatic carbocycles. The molecule has 0 fully saturated rings. The van der Waals surface area contributed by atoms with Crippen molar-refractivity contribution in [3.05, 3.63) is 48.0 Å². The van der Waals surface area contributed by atoms with Gasteiger partial charge in [-0.3, -0.25) is 0 Å². The van der Waals surface area contributed by atoms with Gasteiger partial charge in [0.25, 0.3) is 0 Å². The maximum atomic E-state index is 10.8. The monoisotopic (exact) mass is 219 g/mol. The van der Waals surface area contributed by atoms with Crippen LogP contribution in [0.2, 0.25) is 0 Å². The molecular weight excluding hydrogens is 202 g/mol. The molecule has 1 unspecified atom stereocenters. The van der Waals surface area contributed by atoms with E-state index < -0.39 is 5.97 Å². The first-order valence-corrected chi connectivity index (χ1v) is 5.30. The molecule has 0 aliphatic heterocycles. The van der Waals surface area contributed by atoms with Gasteiger partial charge >= 0.3 is 5.97 Å². The van der Waals surface area contributed by atoms with Crippen LogP contribution in [0.1, 0.15) is 29.3 Å². The number of carboxylic acid groups (broad SMARTS) is 1. The van der Waals surface area contributed by atoms with E-state index in [1.165, 1.54) is 0 Å². The van der Waals surface area contributed by atoms with Crippen molar-refractivity contribution < 1.29 is 9.90 Å². The van der Waals surface area contributed by atoms with Gasteiger partial charge in [-0.1, -0.05) is 18.2 Å². The fourth-order valence-corrected chi connectivity index (χ4v) is 1.44. The Balaban J connectivity index is 2.57.